The highest BCUT2D eigenvalue weighted by Crippen LogP contribution is 2.27. The molecule has 1 heterocycles. The number of halogens is 1. The van der Waals surface area contributed by atoms with Gasteiger partial charge in [0.1, 0.15) is 5.75 Å². The third kappa shape index (κ3) is 2.70. The molecule has 16 heavy (non-hydrogen) atoms. The standard InChI is InChI=1S/C13H16ClNO/c1-10-7-11-3-4-12(16-6-2-5-14)8-13(11)15-9-10/h3-4,7-8,15H,2,5-6,9H2,1H3. The summed E-state index contributed by atoms with van der Waals surface area (Å²) < 4.78 is 5.59. The van der Waals surface area contributed by atoms with Gasteiger partial charge in [0.15, 0.2) is 0 Å². The van der Waals surface area contributed by atoms with Crippen molar-refractivity contribution in [2.45, 2.75) is 13.3 Å². The largest absolute Gasteiger partial charge is 0.493 e. The zero-order valence-corrected chi connectivity index (χ0v) is 10.2. The molecular weight excluding hydrogens is 222 g/mol. The smallest absolute Gasteiger partial charge is 0.121 e. The number of anilines is 1. The number of alkyl halides is 1. The van der Waals surface area contributed by atoms with Crippen LogP contribution in [-0.4, -0.2) is 19.0 Å². The number of nitrogens with one attached hydrogen (secondary N) is 1. The van der Waals surface area contributed by atoms with Crippen molar-refractivity contribution in [2.24, 2.45) is 0 Å². The van der Waals surface area contributed by atoms with E-state index >= 15 is 0 Å². The summed E-state index contributed by atoms with van der Waals surface area (Å²) in [4.78, 5) is 0. The van der Waals surface area contributed by atoms with Crippen LogP contribution in [0.4, 0.5) is 5.69 Å². The third-order valence-corrected chi connectivity index (χ3v) is 2.80. The zero-order valence-electron chi connectivity index (χ0n) is 9.42. The second-order valence-corrected chi connectivity index (χ2v) is 4.36. The van der Waals surface area contributed by atoms with Gasteiger partial charge in [0, 0.05) is 24.2 Å². The molecule has 2 nitrogen and oxygen atoms in total. The van der Waals surface area contributed by atoms with E-state index in [1.807, 2.05) is 12.1 Å². The molecule has 0 saturated heterocycles. The van der Waals surface area contributed by atoms with Crippen LogP contribution in [0, 0.1) is 0 Å². The Hall–Kier alpha value is -1.15. The molecule has 0 fully saturated rings. The van der Waals surface area contributed by atoms with Crippen LogP contribution in [0.5, 0.6) is 5.75 Å². The summed E-state index contributed by atoms with van der Waals surface area (Å²) in [7, 11) is 0. The maximum Gasteiger partial charge on any atom is 0.121 e. The van der Waals surface area contributed by atoms with E-state index < -0.39 is 0 Å². The number of benzene rings is 1. The predicted molar refractivity (Wildman–Crippen MR) is 69.4 cm³/mol. The van der Waals surface area contributed by atoms with E-state index in [1.165, 1.54) is 11.1 Å². The van der Waals surface area contributed by atoms with Crippen LogP contribution in [0.1, 0.15) is 18.9 Å². The van der Waals surface area contributed by atoms with Gasteiger partial charge in [-0.25, -0.2) is 0 Å². The average molecular weight is 238 g/mol. The minimum Gasteiger partial charge on any atom is -0.493 e. The van der Waals surface area contributed by atoms with Gasteiger partial charge in [0.05, 0.1) is 6.61 Å². The van der Waals surface area contributed by atoms with E-state index in [1.54, 1.807) is 0 Å². The first-order chi connectivity index (χ1) is 7.79. The van der Waals surface area contributed by atoms with Gasteiger partial charge < -0.3 is 10.1 Å². The Balaban J connectivity index is 2.08. The summed E-state index contributed by atoms with van der Waals surface area (Å²) in [5.41, 5.74) is 3.73. The highest BCUT2D eigenvalue weighted by molar-refractivity contribution is 6.17. The van der Waals surface area contributed by atoms with Gasteiger partial charge in [-0.3, -0.25) is 0 Å². The fourth-order valence-electron chi connectivity index (χ4n) is 1.70. The molecule has 0 aromatic heterocycles. The van der Waals surface area contributed by atoms with Gasteiger partial charge in [0.25, 0.3) is 0 Å². The molecule has 3 heteroatoms. The molecule has 0 radical (unpaired) electrons. The molecule has 0 bridgehead atoms. The Kier molecular flexibility index (Phi) is 3.73. The maximum atomic E-state index is 5.60. The molecular formula is C13H16ClNO. The first-order valence-corrected chi connectivity index (χ1v) is 6.07. The highest BCUT2D eigenvalue weighted by atomic mass is 35.5. The van der Waals surface area contributed by atoms with Crippen LogP contribution in [0.2, 0.25) is 0 Å². The van der Waals surface area contributed by atoms with E-state index in [0.29, 0.717) is 12.5 Å². The van der Waals surface area contributed by atoms with Crippen LogP contribution in [0.15, 0.2) is 23.8 Å². The Morgan fingerprint density at radius 3 is 3.12 bits per heavy atom. The normalized spacial score (nSPS) is 13.8. The second kappa shape index (κ2) is 5.26. The lowest BCUT2D eigenvalue weighted by molar-refractivity contribution is 0.318. The molecule has 0 amide bonds. The van der Waals surface area contributed by atoms with Crippen molar-refractivity contribution in [1.82, 2.24) is 0 Å². The van der Waals surface area contributed by atoms with Crippen LogP contribution in [0.3, 0.4) is 0 Å². The van der Waals surface area contributed by atoms with Crippen molar-refractivity contribution in [1.29, 1.82) is 0 Å². The van der Waals surface area contributed by atoms with Crippen molar-refractivity contribution in [3.05, 3.63) is 29.3 Å². The Bertz CT molecular complexity index is 401. The lowest BCUT2D eigenvalue weighted by atomic mass is 10.1. The first-order valence-electron chi connectivity index (χ1n) is 5.53. The van der Waals surface area contributed by atoms with Gasteiger partial charge >= 0.3 is 0 Å². The fraction of sp³-hybridized carbons (Fsp3) is 0.385. The van der Waals surface area contributed by atoms with E-state index in [4.69, 9.17) is 16.3 Å². The van der Waals surface area contributed by atoms with Gasteiger partial charge in [0.2, 0.25) is 0 Å². The Morgan fingerprint density at radius 1 is 1.44 bits per heavy atom. The molecule has 1 N–H and O–H groups in total. The summed E-state index contributed by atoms with van der Waals surface area (Å²) in [6.45, 7) is 3.72. The predicted octanol–water partition coefficient (Wildman–Crippen LogP) is 3.52. The summed E-state index contributed by atoms with van der Waals surface area (Å²) in [6, 6.07) is 6.14. The Labute approximate surface area is 101 Å². The van der Waals surface area contributed by atoms with Crippen molar-refractivity contribution in [3.63, 3.8) is 0 Å². The Morgan fingerprint density at radius 2 is 2.31 bits per heavy atom. The number of rotatable bonds is 4. The summed E-state index contributed by atoms with van der Waals surface area (Å²) in [5.74, 6) is 1.55. The SMILES string of the molecule is CC1=Cc2ccc(OCCCCl)cc2NC1. The molecule has 0 spiro atoms. The molecule has 0 aliphatic carbocycles. The van der Waals surface area contributed by atoms with Crippen LogP contribution in [-0.2, 0) is 0 Å². The zero-order chi connectivity index (χ0) is 11.4. The third-order valence-electron chi connectivity index (χ3n) is 2.53. The van der Waals surface area contributed by atoms with Crippen LogP contribution < -0.4 is 10.1 Å². The average Bonchev–Trinajstić information content (AvgIpc) is 2.29. The van der Waals surface area contributed by atoms with Gasteiger partial charge in [-0.2, -0.15) is 0 Å². The molecule has 1 aliphatic heterocycles. The van der Waals surface area contributed by atoms with Crippen LogP contribution in [0.25, 0.3) is 6.08 Å². The van der Waals surface area contributed by atoms with Gasteiger partial charge in [-0.1, -0.05) is 11.6 Å². The molecule has 0 saturated carbocycles. The lowest BCUT2D eigenvalue weighted by Gasteiger charge is -2.17. The summed E-state index contributed by atoms with van der Waals surface area (Å²) >= 11 is 5.60. The number of fused-ring (bicyclic) bond motifs is 1. The molecule has 1 aromatic rings. The number of hydrogen-bond acceptors (Lipinski definition) is 2. The number of hydrogen-bond donors (Lipinski definition) is 1. The van der Waals surface area contributed by atoms with Gasteiger partial charge in [-0.15, -0.1) is 11.6 Å². The fourth-order valence-corrected chi connectivity index (χ4v) is 1.81. The van der Waals surface area contributed by atoms with Crippen molar-refractivity contribution in [2.75, 3.05) is 24.3 Å². The number of ether oxygens (including phenoxy) is 1. The quantitative estimate of drug-likeness (QED) is 0.639. The monoisotopic (exact) mass is 237 g/mol. The van der Waals surface area contributed by atoms with Crippen LogP contribution >= 0.6 is 11.6 Å². The van der Waals surface area contributed by atoms with Gasteiger partial charge in [-0.05, 0) is 31.0 Å². The molecule has 86 valence electrons. The summed E-state index contributed by atoms with van der Waals surface area (Å²) in [5, 5.41) is 3.37. The van der Waals surface area contributed by atoms with E-state index in [9.17, 15) is 0 Å². The molecule has 2 rings (SSSR count). The lowest BCUT2D eigenvalue weighted by Crippen LogP contribution is -2.09. The minimum absolute atomic E-state index is 0.644. The van der Waals surface area contributed by atoms with Crippen molar-refractivity contribution < 1.29 is 4.74 Å². The van der Waals surface area contributed by atoms with E-state index in [0.717, 1.165) is 24.4 Å². The molecule has 1 aromatic carbocycles. The topological polar surface area (TPSA) is 21.3 Å². The van der Waals surface area contributed by atoms with Crippen molar-refractivity contribution >= 4 is 23.4 Å². The van der Waals surface area contributed by atoms with E-state index in [2.05, 4.69) is 24.4 Å². The molecule has 0 atom stereocenters. The van der Waals surface area contributed by atoms with Crippen molar-refractivity contribution in [3.8, 4) is 5.75 Å². The highest BCUT2D eigenvalue weighted by Gasteiger charge is 2.07. The summed E-state index contributed by atoms with van der Waals surface area (Å²) in [6.07, 6.45) is 3.08. The first kappa shape index (κ1) is 11.3. The maximum absolute atomic E-state index is 5.60. The minimum atomic E-state index is 0.644. The second-order valence-electron chi connectivity index (χ2n) is 3.98. The van der Waals surface area contributed by atoms with E-state index in [-0.39, 0.29) is 0 Å². The molecule has 1 aliphatic rings. The molecule has 0 unspecified atom stereocenters.